The smallest absolute Gasteiger partial charge is 0.162 e. The van der Waals surface area contributed by atoms with E-state index in [-0.39, 0.29) is 11.6 Å². The Morgan fingerprint density at radius 2 is 1.67 bits per heavy atom. The summed E-state index contributed by atoms with van der Waals surface area (Å²) < 4.78 is 18.3. The minimum absolute atomic E-state index is 0.0293. The molecule has 0 aliphatic heterocycles. The first-order valence-corrected chi connectivity index (χ1v) is 7.16. The zero-order valence-corrected chi connectivity index (χ0v) is 11.9. The van der Waals surface area contributed by atoms with Crippen LogP contribution < -0.4 is 0 Å². The van der Waals surface area contributed by atoms with Crippen molar-refractivity contribution in [2.24, 2.45) is 0 Å². The fraction of sp³-hybridized carbons (Fsp3) is 0.278. The van der Waals surface area contributed by atoms with Gasteiger partial charge in [0.05, 0.1) is 6.61 Å². The van der Waals surface area contributed by atoms with Gasteiger partial charge in [-0.25, -0.2) is 4.39 Å². The van der Waals surface area contributed by atoms with Crippen LogP contribution in [-0.4, -0.2) is 19.0 Å². The lowest BCUT2D eigenvalue weighted by Gasteiger charge is -2.04. The third-order valence-corrected chi connectivity index (χ3v) is 3.24. The van der Waals surface area contributed by atoms with Gasteiger partial charge >= 0.3 is 0 Å². The van der Waals surface area contributed by atoms with Gasteiger partial charge in [0.2, 0.25) is 0 Å². The molecule has 0 amide bonds. The topological polar surface area (TPSA) is 26.3 Å². The molecule has 21 heavy (non-hydrogen) atoms. The molecule has 0 aliphatic rings. The second kappa shape index (κ2) is 8.32. The van der Waals surface area contributed by atoms with E-state index in [1.54, 1.807) is 0 Å². The molecule has 0 N–H and O–H groups in total. The molecule has 2 aromatic carbocycles. The Morgan fingerprint density at radius 3 is 2.38 bits per heavy atom. The maximum atomic E-state index is 12.8. The summed E-state index contributed by atoms with van der Waals surface area (Å²) >= 11 is 0. The molecule has 0 bridgehead atoms. The van der Waals surface area contributed by atoms with E-state index in [9.17, 15) is 9.18 Å². The molecule has 2 nitrogen and oxygen atoms in total. The van der Waals surface area contributed by atoms with Crippen LogP contribution in [0.4, 0.5) is 4.39 Å². The van der Waals surface area contributed by atoms with Gasteiger partial charge in [0.15, 0.2) is 5.78 Å². The second-order valence-electron chi connectivity index (χ2n) is 4.88. The Bertz CT molecular complexity index is 549. The van der Waals surface area contributed by atoms with Crippen molar-refractivity contribution in [3.05, 3.63) is 71.5 Å². The molecule has 0 radical (unpaired) electrons. The Labute approximate surface area is 124 Å². The minimum Gasteiger partial charge on any atom is -0.381 e. The molecule has 3 heteroatoms. The molecule has 0 atom stereocenters. The maximum Gasteiger partial charge on any atom is 0.162 e. The largest absolute Gasteiger partial charge is 0.381 e. The Morgan fingerprint density at radius 1 is 0.952 bits per heavy atom. The summed E-state index contributed by atoms with van der Waals surface area (Å²) in [5.41, 5.74) is 1.81. The number of benzene rings is 2. The number of halogens is 1. The molecule has 0 saturated heterocycles. The lowest BCUT2D eigenvalue weighted by atomic mass is 10.1. The maximum absolute atomic E-state index is 12.8. The van der Waals surface area contributed by atoms with Crippen molar-refractivity contribution in [3.8, 4) is 0 Å². The zero-order chi connectivity index (χ0) is 14.9. The fourth-order valence-electron chi connectivity index (χ4n) is 2.05. The highest BCUT2D eigenvalue weighted by Gasteiger charge is 2.05. The van der Waals surface area contributed by atoms with Crippen LogP contribution in [0.3, 0.4) is 0 Å². The molecule has 0 saturated carbocycles. The van der Waals surface area contributed by atoms with E-state index in [1.807, 2.05) is 18.2 Å². The van der Waals surface area contributed by atoms with E-state index in [4.69, 9.17) is 4.74 Å². The third kappa shape index (κ3) is 5.48. The Hall–Kier alpha value is -2.00. The van der Waals surface area contributed by atoms with Crippen molar-refractivity contribution in [1.29, 1.82) is 0 Å². The third-order valence-electron chi connectivity index (χ3n) is 3.24. The lowest BCUT2D eigenvalue weighted by Crippen LogP contribution is -2.04. The summed E-state index contributed by atoms with van der Waals surface area (Å²) in [4.78, 5) is 11.8. The van der Waals surface area contributed by atoms with E-state index in [0.29, 0.717) is 31.6 Å². The number of hydrogen-bond acceptors (Lipinski definition) is 2. The highest BCUT2D eigenvalue weighted by atomic mass is 19.1. The van der Waals surface area contributed by atoms with Crippen LogP contribution in [0, 0.1) is 5.82 Å². The first kappa shape index (κ1) is 15.4. The normalized spacial score (nSPS) is 10.5. The van der Waals surface area contributed by atoms with E-state index < -0.39 is 0 Å². The van der Waals surface area contributed by atoms with Gasteiger partial charge in [-0.1, -0.05) is 30.3 Å². The van der Waals surface area contributed by atoms with E-state index in [2.05, 4.69) is 12.1 Å². The van der Waals surface area contributed by atoms with Gasteiger partial charge in [0.1, 0.15) is 5.82 Å². The first-order valence-electron chi connectivity index (χ1n) is 7.16. The Balaban J connectivity index is 1.59. The van der Waals surface area contributed by atoms with Crippen molar-refractivity contribution >= 4 is 5.78 Å². The standard InChI is InChI=1S/C18H19FO2/c19-17-10-8-16(9-11-17)18(20)7-4-13-21-14-12-15-5-2-1-3-6-15/h1-3,5-6,8-11H,4,7,12-14H2. The van der Waals surface area contributed by atoms with Gasteiger partial charge < -0.3 is 4.74 Å². The van der Waals surface area contributed by atoms with Crippen LogP contribution in [0.15, 0.2) is 54.6 Å². The zero-order valence-electron chi connectivity index (χ0n) is 11.9. The minimum atomic E-state index is -0.323. The molecule has 2 rings (SSSR count). The SMILES string of the molecule is O=C(CCCOCCc1ccccc1)c1ccc(F)cc1. The summed E-state index contributed by atoms with van der Waals surface area (Å²) in [7, 11) is 0. The van der Waals surface area contributed by atoms with Gasteiger partial charge in [0, 0.05) is 18.6 Å². The summed E-state index contributed by atoms with van der Waals surface area (Å²) in [5, 5.41) is 0. The summed E-state index contributed by atoms with van der Waals surface area (Å²) in [6, 6.07) is 15.8. The molecule has 0 aliphatic carbocycles. The summed E-state index contributed by atoms with van der Waals surface area (Å²) in [6.07, 6.45) is 1.99. The van der Waals surface area contributed by atoms with Gasteiger partial charge in [-0.15, -0.1) is 0 Å². The fourth-order valence-corrected chi connectivity index (χ4v) is 2.05. The summed E-state index contributed by atoms with van der Waals surface area (Å²) in [6.45, 7) is 1.23. The highest BCUT2D eigenvalue weighted by Crippen LogP contribution is 2.07. The van der Waals surface area contributed by atoms with Crippen molar-refractivity contribution in [2.75, 3.05) is 13.2 Å². The lowest BCUT2D eigenvalue weighted by molar-refractivity contribution is 0.0940. The van der Waals surface area contributed by atoms with Gasteiger partial charge in [-0.3, -0.25) is 4.79 Å². The van der Waals surface area contributed by atoms with E-state index >= 15 is 0 Å². The molecule has 0 spiro atoms. The van der Waals surface area contributed by atoms with Gasteiger partial charge in [0.25, 0.3) is 0 Å². The first-order chi connectivity index (χ1) is 10.3. The van der Waals surface area contributed by atoms with Crippen LogP contribution >= 0.6 is 0 Å². The summed E-state index contributed by atoms with van der Waals surface area (Å²) in [5.74, 6) is -0.294. The number of ketones is 1. The number of ether oxygens (including phenoxy) is 1. The number of hydrogen-bond donors (Lipinski definition) is 0. The predicted octanol–water partition coefficient (Wildman–Crippen LogP) is 4.05. The van der Waals surface area contributed by atoms with E-state index in [0.717, 1.165) is 6.42 Å². The van der Waals surface area contributed by atoms with Crippen molar-refractivity contribution in [1.82, 2.24) is 0 Å². The quantitative estimate of drug-likeness (QED) is 0.540. The van der Waals surface area contributed by atoms with Crippen molar-refractivity contribution in [2.45, 2.75) is 19.3 Å². The molecule has 2 aromatic rings. The molecule has 0 heterocycles. The average Bonchev–Trinajstić information content (AvgIpc) is 2.52. The number of carbonyl (C=O) groups excluding carboxylic acids is 1. The van der Waals surface area contributed by atoms with Crippen LogP contribution in [0.25, 0.3) is 0 Å². The van der Waals surface area contributed by atoms with Crippen LogP contribution in [0.2, 0.25) is 0 Å². The number of Topliss-reactive ketones (excluding diaryl/α,β-unsaturated/α-hetero) is 1. The average molecular weight is 286 g/mol. The van der Waals surface area contributed by atoms with Gasteiger partial charge in [-0.2, -0.15) is 0 Å². The molecule has 110 valence electrons. The molecule has 0 fully saturated rings. The highest BCUT2D eigenvalue weighted by molar-refractivity contribution is 5.95. The van der Waals surface area contributed by atoms with Gasteiger partial charge in [-0.05, 0) is 42.7 Å². The van der Waals surface area contributed by atoms with E-state index in [1.165, 1.54) is 29.8 Å². The molecular formula is C18H19FO2. The van der Waals surface area contributed by atoms with Crippen LogP contribution in [0.5, 0.6) is 0 Å². The van der Waals surface area contributed by atoms with Crippen molar-refractivity contribution in [3.63, 3.8) is 0 Å². The molecule has 0 aromatic heterocycles. The Kier molecular flexibility index (Phi) is 6.10. The molecular weight excluding hydrogens is 267 g/mol. The molecule has 0 unspecified atom stereocenters. The predicted molar refractivity (Wildman–Crippen MR) is 80.9 cm³/mol. The number of carbonyl (C=O) groups is 1. The monoisotopic (exact) mass is 286 g/mol. The van der Waals surface area contributed by atoms with Crippen molar-refractivity contribution < 1.29 is 13.9 Å². The van der Waals surface area contributed by atoms with Crippen LogP contribution in [0.1, 0.15) is 28.8 Å². The second-order valence-corrected chi connectivity index (χ2v) is 4.88. The number of rotatable bonds is 8. The van der Waals surface area contributed by atoms with Crippen LogP contribution in [-0.2, 0) is 11.2 Å².